The number of nitrogens with one attached hydrogen (secondary N) is 1. The Morgan fingerprint density at radius 3 is 2.81 bits per heavy atom. The molecule has 1 fully saturated rings. The Kier molecular flexibility index (Phi) is 5.69. The van der Waals surface area contributed by atoms with Gasteiger partial charge in [-0.2, -0.15) is 0 Å². The Labute approximate surface area is 136 Å². The van der Waals surface area contributed by atoms with Crippen molar-refractivity contribution in [1.29, 1.82) is 0 Å². The van der Waals surface area contributed by atoms with Crippen molar-refractivity contribution in [2.45, 2.75) is 52.0 Å². The highest BCUT2D eigenvalue weighted by molar-refractivity contribution is 9.10. The van der Waals surface area contributed by atoms with Gasteiger partial charge in [0.05, 0.1) is 7.11 Å². The van der Waals surface area contributed by atoms with Crippen LogP contribution in [0.3, 0.4) is 0 Å². The fourth-order valence-electron chi connectivity index (χ4n) is 3.73. The maximum Gasteiger partial charge on any atom is 0.122 e. The summed E-state index contributed by atoms with van der Waals surface area (Å²) in [6.07, 6.45) is 6.07. The summed E-state index contributed by atoms with van der Waals surface area (Å²) >= 11 is 3.55. The molecule has 0 radical (unpaired) electrons. The summed E-state index contributed by atoms with van der Waals surface area (Å²) in [4.78, 5) is 0. The van der Waals surface area contributed by atoms with Crippen LogP contribution in [0.5, 0.6) is 5.75 Å². The SMILES string of the molecule is COc1ccc(Br)cc1CC(NN)C1CCCCC1(C)C. The molecule has 2 unspecified atom stereocenters. The van der Waals surface area contributed by atoms with Gasteiger partial charge in [0, 0.05) is 10.5 Å². The van der Waals surface area contributed by atoms with E-state index in [-0.39, 0.29) is 6.04 Å². The Hall–Kier alpha value is -0.580. The average Bonchev–Trinajstić information content (AvgIpc) is 2.45. The zero-order valence-corrected chi connectivity index (χ0v) is 14.9. The first-order chi connectivity index (χ1) is 9.97. The highest BCUT2D eigenvalue weighted by Gasteiger charge is 2.37. The van der Waals surface area contributed by atoms with Crippen molar-refractivity contribution in [3.05, 3.63) is 28.2 Å². The topological polar surface area (TPSA) is 47.3 Å². The molecule has 1 aliphatic rings. The average molecular weight is 355 g/mol. The summed E-state index contributed by atoms with van der Waals surface area (Å²) in [6, 6.07) is 6.44. The van der Waals surface area contributed by atoms with Gasteiger partial charge in [0.25, 0.3) is 0 Å². The second kappa shape index (κ2) is 7.12. The molecule has 4 heteroatoms. The van der Waals surface area contributed by atoms with E-state index in [4.69, 9.17) is 10.6 Å². The first-order valence-corrected chi connectivity index (χ1v) is 8.56. The van der Waals surface area contributed by atoms with E-state index >= 15 is 0 Å². The van der Waals surface area contributed by atoms with Crippen LogP contribution in [0.25, 0.3) is 0 Å². The van der Waals surface area contributed by atoms with Crippen molar-refractivity contribution in [3.63, 3.8) is 0 Å². The van der Waals surface area contributed by atoms with E-state index in [1.807, 2.05) is 12.1 Å². The number of hydrogen-bond donors (Lipinski definition) is 2. The number of methoxy groups -OCH3 is 1. The fraction of sp³-hybridized carbons (Fsp3) is 0.647. The molecule has 0 saturated heterocycles. The number of ether oxygens (including phenoxy) is 1. The lowest BCUT2D eigenvalue weighted by Gasteiger charge is -2.43. The molecule has 21 heavy (non-hydrogen) atoms. The molecular weight excluding hydrogens is 328 g/mol. The maximum atomic E-state index is 5.90. The third-order valence-electron chi connectivity index (χ3n) is 4.97. The minimum atomic E-state index is 0.281. The van der Waals surface area contributed by atoms with E-state index in [0.29, 0.717) is 11.3 Å². The first kappa shape index (κ1) is 16.8. The lowest BCUT2D eigenvalue weighted by molar-refractivity contribution is 0.0979. The number of halogens is 1. The van der Waals surface area contributed by atoms with Crippen molar-refractivity contribution in [2.24, 2.45) is 17.2 Å². The fourth-order valence-corrected chi connectivity index (χ4v) is 4.14. The normalized spacial score (nSPS) is 22.8. The third kappa shape index (κ3) is 3.99. The molecule has 0 aromatic heterocycles. The largest absolute Gasteiger partial charge is 0.496 e. The van der Waals surface area contributed by atoms with Crippen LogP contribution in [0.15, 0.2) is 22.7 Å². The van der Waals surface area contributed by atoms with Crippen molar-refractivity contribution in [3.8, 4) is 5.75 Å². The van der Waals surface area contributed by atoms with Gasteiger partial charge in [0.2, 0.25) is 0 Å². The quantitative estimate of drug-likeness (QED) is 0.619. The van der Waals surface area contributed by atoms with E-state index in [1.165, 1.54) is 31.2 Å². The van der Waals surface area contributed by atoms with Gasteiger partial charge in [-0.15, -0.1) is 0 Å². The molecule has 2 atom stereocenters. The van der Waals surface area contributed by atoms with Crippen LogP contribution < -0.4 is 16.0 Å². The Balaban J connectivity index is 2.21. The second-order valence-corrected chi connectivity index (χ2v) is 7.69. The zero-order valence-electron chi connectivity index (χ0n) is 13.3. The van der Waals surface area contributed by atoms with Crippen LogP contribution >= 0.6 is 15.9 Å². The Morgan fingerprint density at radius 1 is 1.43 bits per heavy atom. The zero-order chi connectivity index (χ0) is 15.5. The van der Waals surface area contributed by atoms with E-state index in [1.54, 1.807) is 7.11 Å². The van der Waals surface area contributed by atoms with Crippen LogP contribution in [0.4, 0.5) is 0 Å². The molecular formula is C17H27BrN2O. The number of hydrogen-bond acceptors (Lipinski definition) is 3. The van der Waals surface area contributed by atoms with Gasteiger partial charge in [-0.05, 0) is 54.4 Å². The van der Waals surface area contributed by atoms with Gasteiger partial charge in [-0.25, -0.2) is 0 Å². The van der Waals surface area contributed by atoms with Crippen molar-refractivity contribution in [2.75, 3.05) is 7.11 Å². The summed E-state index contributed by atoms with van der Waals surface area (Å²) < 4.78 is 6.58. The molecule has 0 aliphatic heterocycles. The number of rotatable bonds is 5. The predicted molar refractivity (Wildman–Crippen MR) is 91.2 cm³/mol. The second-order valence-electron chi connectivity index (χ2n) is 6.77. The molecule has 118 valence electrons. The number of nitrogens with two attached hydrogens (primary N) is 1. The van der Waals surface area contributed by atoms with Gasteiger partial charge in [-0.1, -0.05) is 42.6 Å². The van der Waals surface area contributed by atoms with Crippen molar-refractivity contribution >= 4 is 15.9 Å². The molecule has 0 amide bonds. The highest BCUT2D eigenvalue weighted by atomic mass is 79.9. The summed E-state index contributed by atoms with van der Waals surface area (Å²) in [5.41, 5.74) is 4.62. The first-order valence-electron chi connectivity index (χ1n) is 7.76. The lowest BCUT2D eigenvalue weighted by Crippen LogP contribution is -2.48. The van der Waals surface area contributed by atoms with Gasteiger partial charge < -0.3 is 4.74 Å². The molecule has 1 aromatic rings. The molecule has 0 heterocycles. The van der Waals surface area contributed by atoms with Crippen molar-refractivity contribution < 1.29 is 4.74 Å². The summed E-state index contributed by atoms with van der Waals surface area (Å²) in [5, 5.41) is 0. The van der Waals surface area contributed by atoms with Crippen LogP contribution in [0.2, 0.25) is 0 Å². The third-order valence-corrected chi connectivity index (χ3v) is 5.47. The minimum absolute atomic E-state index is 0.281. The Morgan fingerprint density at radius 2 is 2.19 bits per heavy atom. The molecule has 1 aromatic carbocycles. The van der Waals surface area contributed by atoms with Crippen LogP contribution in [-0.2, 0) is 6.42 Å². The van der Waals surface area contributed by atoms with Crippen molar-refractivity contribution in [1.82, 2.24) is 5.43 Å². The Bertz CT molecular complexity index is 476. The standard InChI is InChI=1S/C17H27BrN2O/c1-17(2)9-5-4-6-14(17)15(20-19)11-12-10-13(18)7-8-16(12)21-3/h7-8,10,14-15,20H,4-6,9,11,19H2,1-3H3. The molecule has 0 bridgehead atoms. The van der Waals surface area contributed by atoms with E-state index in [9.17, 15) is 0 Å². The summed E-state index contributed by atoms with van der Waals surface area (Å²) in [6.45, 7) is 4.75. The molecule has 1 aliphatic carbocycles. The van der Waals surface area contributed by atoms with E-state index in [2.05, 4.69) is 41.3 Å². The summed E-state index contributed by atoms with van der Waals surface area (Å²) in [5.74, 6) is 7.43. The van der Waals surface area contributed by atoms with Gasteiger partial charge in [-0.3, -0.25) is 11.3 Å². The molecule has 3 nitrogen and oxygen atoms in total. The van der Waals surface area contributed by atoms with Gasteiger partial charge in [0.1, 0.15) is 5.75 Å². The van der Waals surface area contributed by atoms with Crippen LogP contribution in [0.1, 0.15) is 45.1 Å². The monoisotopic (exact) mass is 354 g/mol. The number of benzene rings is 1. The van der Waals surface area contributed by atoms with Crippen LogP contribution in [-0.4, -0.2) is 13.2 Å². The molecule has 2 rings (SSSR count). The minimum Gasteiger partial charge on any atom is -0.496 e. The van der Waals surface area contributed by atoms with Gasteiger partial charge >= 0.3 is 0 Å². The van der Waals surface area contributed by atoms with Crippen LogP contribution in [0, 0.1) is 11.3 Å². The molecule has 0 spiro atoms. The number of hydrazine groups is 1. The van der Waals surface area contributed by atoms with E-state index < -0.39 is 0 Å². The molecule has 3 N–H and O–H groups in total. The van der Waals surface area contributed by atoms with E-state index in [0.717, 1.165) is 16.6 Å². The maximum absolute atomic E-state index is 5.90. The highest BCUT2D eigenvalue weighted by Crippen LogP contribution is 2.43. The van der Waals surface area contributed by atoms with Gasteiger partial charge in [0.15, 0.2) is 0 Å². The molecule has 1 saturated carbocycles. The smallest absolute Gasteiger partial charge is 0.122 e. The summed E-state index contributed by atoms with van der Waals surface area (Å²) in [7, 11) is 1.72. The lowest BCUT2D eigenvalue weighted by atomic mass is 9.65. The predicted octanol–water partition coefficient (Wildman–Crippen LogP) is 4.05.